The van der Waals surface area contributed by atoms with E-state index in [1.165, 1.54) is 0 Å². The molecule has 0 unspecified atom stereocenters. The number of piperidine rings is 1. The number of benzene rings is 1. The molecule has 1 aromatic carbocycles. The number of imidazole rings is 1. The Morgan fingerprint density at radius 3 is 2.39 bits per heavy atom. The lowest BCUT2D eigenvalue weighted by atomic mass is 9.93. The molecule has 0 atom stereocenters. The first-order valence-corrected chi connectivity index (χ1v) is 14.0. The van der Waals surface area contributed by atoms with Crippen LogP contribution in [0.3, 0.4) is 0 Å². The van der Waals surface area contributed by atoms with E-state index in [9.17, 15) is 18.0 Å². The van der Waals surface area contributed by atoms with Gasteiger partial charge in [0.25, 0.3) is 0 Å². The minimum absolute atomic E-state index is 0.0890. The molecule has 234 valence electrons. The number of anilines is 1. The molecule has 0 spiro atoms. The summed E-state index contributed by atoms with van der Waals surface area (Å²) in [6.45, 7) is 4.77. The number of aliphatic carboxylic acids is 2. The Morgan fingerprint density at radius 1 is 1.00 bits per heavy atom. The van der Waals surface area contributed by atoms with Crippen LogP contribution in [-0.2, 0) is 20.9 Å². The number of rotatable bonds is 7. The van der Waals surface area contributed by atoms with Crippen molar-refractivity contribution in [3.63, 3.8) is 0 Å². The van der Waals surface area contributed by atoms with Crippen molar-refractivity contribution in [2.45, 2.75) is 31.5 Å². The van der Waals surface area contributed by atoms with E-state index in [2.05, 4.69) is 14.3 Å². The smallest absolute Gasteiger partial charge is 0.480 e. The summed E-state index contributed by atoms with van der Waals surface area (Å²) < 4.78 is 45.5. The van der Waals surface area contributed by atoms with E-state index in [1.54, 1.807) is 0 Å². The van der Waals surface area contributed by atoms with Gasteiger partial charge in [-0.2, -0.15) is 13.2 Å². The molecule has 44 heavy (non-hydrogen) atoms. The standard InChI is InChI=1S/C27H30N6O4.C2HF3O2/c34-25(35)17-31-9-7-20(8-10-31)23-15-28-26(32-11-13-36-14-12-32)27-29-21(16-33(23)27)18-37-24-6-5-19-3-1-2-4-22(19)30-24;3-2(4,5)1(6)7/h1-6,15-16,20H,7-14,17-18H2,(H,34,35);(H,6,7). The van der Waals surface area contributed by atoms with Crippen LogP contribution in [0.15, 0.2) is 48.8 Å². The number of nitrogens with zero attached hydrogens (tertiary/aromatic N) is 6. The topological polar surface area (TPSA) is 143 Å². The van der Waals surface area contributed by atoms with Crippen LogP contribution in [-0.4, -0.2) is 98.5 Å². The molecule has 2 N–H and O–H groups in total. The van der Waals surface area contributed by atoms with Gasteiger partial charge in [-0.05, 0) is 38.1 Å². The molecule has 6 rings (SSSR count). The average molecular weight is 617 g/mol. The van der Waals surface area contributed by atoms with Gasteiger partial charge >= 0.3 is 18.1 Å². The number of likely N-dealkylation sites (tertiary alicyclic amines) is 1. The fraction of sp³-hybridized carbons (Fsp3) is 0.414. The fourth-order valence-electron chi connectivity index (χ4n) is 5.25. The molecule has 0 radical (unpaired) electrons. The maximum atomic E-state index is 11.1. The molecule has 2 saturated heterocycles. The molecule has 4 aromatic rings. The summed E-state index contributed by atoms with van der Waals surface area (Å²) in [7, 11) is 0. The second kappa shape index (κ2) is 13.4. The van der Waals surface area contributed by atoms with E-state index in [4.69, 9.17) is 34.4 Å². The van der Waals surface area contributed by atoms with E-state index in [0.29, 0.717) is 25.7 Å². The van der Waals surface area contributed by atoms with E-state index < -0.39 is 18.1 Å². The number of hydrogen-bond acceptors (Lipinski definition) is 9. The minimum atomic E-state index is -5.08. The molecular formula is C29H31F3N6O6. The number of alkyl halides is 3. The van der Waals surface area contributed by atoms with E-state index in [-0.39, 0.29) is 12.5 Å². The Hall–Kier alpha value is -4.50. The molecule has 0 aliphatic carbocycles. The number of carbonyl (C=O) groups is 2. The van der Waals surface area contributed by atoms with Crippen LogP contribution >= 0.6 is 0 Å². The first-order chi connectivity index (χ1) is 21.1. The van der Waals surface area contributed by atoms with Crippen molar-refractivity contribution in [1.82, 2.24) is 24.3 Å². The Labute approximate surface area is 249 Å². The third-order valence-corrected chi connectivity index (χ3v) is 7.41. The normalized spacial score (nSPS) is 16.5. The zero-order chi connectivity index (χ0) is 31.3. The number of carboxylic acid groups (broad SMARTS) is 2. The van der Waals surface area contributed by atoms with E-state index in [1.807, 2.05) is 53.7 Å². The lowest BCUT2D eigenvalue weighted by Gasteiger charge is -2.32. The maximum Gasteiger partial charge on any atom is 0.490 e. The zero-order valence-corrected chi connectivity index (χ0v) is 23.6. The molecule has 15 heteroatoms. The van der Waals surface area contributed by atoms with Crippen LogP contribution in [0.4, 0.5) is 19.0 Å². The number of morpholine rings is 1. The number of ether oxygens (including phenoxy) is 2. The fourth-order valence-corrected chi connectivity index (χ4v) is 5.25. The largest absolute Gasteiger partial charge is 0.490 e. The highest BCUT2D eigenvalue weighted by Gasteiger charge is 2.38. The van der Waals surface area contributed by atoms with Crippen molar-refractivity contribution in [2.24, 2.45) is 0 Å². The highest BCUT2D eigenvalue weighted by Crippen LogP contribution is 2.31. The first kappa shape index (κ1) is 30.9. The van der Waals surface area contributed by atoms with Crippen molar-refractivity contribution in [1.29, 1.82) is 0 Å². The number of halogens is 3. The number of pyridine rings is 1. The van der Waals surface area contributed by atoms with Gasteiger partial charge in [-0.3, -0.25) is 14.1 Å². The number of fused-ring (bicyclic) bond motifs is 2. The minimum Gasteiger partial charge on any atom is -0.480 e. The molecule has 2 aliphatic rings. The summed E-state index contributed by atoms with van der Waals surface area (Å²) >= 11 is 0. The number of carboxylic acids is 2. The van der Waals surface area contributed by atoms with Crippen LogP contribution in [0.2, 0.25) is 0 Å². The highest BCUT2D eigenvalue weighted by atomic mass is 19.4. The molecule has 2 aliphatic heterocycles. The predicted molar refractivity (Wildman–Crippen MR) is 152 cm³/mol. The number of para-hydroxylation sites is 1. The second-order valence-corrected chi connectivity index (χ2v) is 10.4. The Bertz CT molecular complexity index is 1620. The molecular weight excluding hydrogens is 585 g/mol. The Kier molecular flexibility index (Phi) is 9.44. The van der Waals surface area contributed by atoms with Gasteiger partial charge in [0.1, 0.15) is 6.61 Å². The molecule has 0 amide bonds. The van der Waals surface area contributed by atoms with Gasteiger partial charge in [0.2, 0.25) is 5.88 Å². The van der Waals surface area contributed by atoms with Crippen LogP contribution < -0.4 is 9.64 Å². The molecule has 2 fully saturated rings. The predicted octanol–water partition coefficient (Wildman–Crippen LogP) is 3.59. The van der Waals surface area contributed by atoms with E-state index in [0.717, 1.165) is 72.8 Å². The van der Waals surface area contributed by atoms with Gasteiger partial charge in [0, 0.05) is 48.5 Å². The van der Waals surface area contributed by atoms with Gasteiger partial charge < -0.3 is 24.6 Å². The number of hydrogen-bond donors (Lipinski definition) is 2. The van der Waals surface area contributed by atoms with Gasteiger partial charge in [0.15, 0.2) is 11.5 Å². The summed E-state index contributed by atoms with van der Waals surface area (Å²) in [6.07, 6.45) is 0.686. The number of aromatic nitrogens is 4. The molecule has 5 heterocycles. The monoisotopic (exact) mass is 616 g/mol. The first-order valence-electron chi connectivity index (χ1n) is 14.0. The van der Waals surface area contributed by atoms with Crippen molar-refractivity contribution >= 4 is 34.3 Å². The van der Waals surface area contributed by atoms with Gasteiger partial charge in [-0.25, -0.2) is 19.7 Å². The van der Waals surface area contributed by atoms with Crippen molar-refractivity contribution in [2.75, 3.05) is 50.8 Å². The average Bonchev–Trinajstić information content (AvgIpc) is 3.44. The Balaban J connectivity index is 0.000000493. The van der Waals surface area contributed by atoms with Crippen LogP contribution in [0.5, 0.6) is 5.88 Å². The van der Waals surface area contributed by atoms with Gasteiger partial charge in [0.05, 0.1) is 31.0 Å². The molecule has 3 aromatic heterocycles. The molecule has 12 nitrogen and oxygen atoms in total. The van der Waals surface area contributed by atoms with Gasteiger partial charge in [-0.15, -0.1) is 0 Å². The van der Waals surface area contributed by atoms with Crippen LogP contribution in [0, 0.1) is 0 Å². The Morgan fingerprint density at radius 2 is 1.70 bits per heavy atom. The second-order valence-electron chi connectivity index (χ2n) is 10.4. The highest BCUT2D eigenvalue weighted by molar-refractivity contribution is 5.78. The van der Waals surface area contributed by atoms with Crippen molar-refractivity contribution in [3.05, 3.63) is 60.2 Å². The zero-order valence-electron chi connectivity index (χ0n) is 23.6. The molecule has 0 bridgehead atoms. The maximum absolute atomic E-state index is 11.1. The third kappa shape index (κ3) is 7.52. The van der Waals surface area contributed by atoms with E-state index >= 15 is 0 Å². The quantitative estimate of drug-likeness (QED) is 0.315. The third-order valence-electron chi connectivity index (χ3n) is 7.41. The summed E-state index contributed by atoms with van der Waals surface area (Å²) in [5, 5.41) is 17.3. The van der Waals surface area contributed by atoms with Gasteiger partial charge in [-0.1, -0.05) is 18.2 Å². The van der Waals surface area contributed by atoms with Crippen molar-refractivity contribution in [3.8, 4) is 5.88 Å². The van der Waals surface area contributed by atoms with Crippen LogP contribution in [0.1, 0.15) is 30.1 Å². The summed E-state index contributed by atoms with van der Waals surface area (Å²) in [5.74, 6) is -1.84. The SMILES string of the molecule is O=C(O)C(F)(F)F.O=C(O)CN1CCC(c2cnc(N3CCOCC3)c3nc(COc4ccc5ccccc5n4)cn23)CC1. The summed E-state index contributed by atoms with van der Waals surface area (Å²) in [4.78, 5) is 38.7. The van der Waals surface area contributed by atoms with Crippen molar-refractivity contribution < 1.29 is 42.4 Å². The molecule has 0 saturated carbocycles. The lowest BCUT2D eigenvalue weighted by molar-refractivity contribution is -0.192. The summed E-state index contributed by atoms with van der Waals surface area (Å²) in [6, 6.07) is 11.9. The van der Waals surface area contributed by atoms with Crippen LogP contribution in [0.25, 0.3) is 16.6 Å². The summed E-state index contributed by atoms with van der Waals surface area (Å²) in [5.41, 5.74) is 3.62. The lowest BCUT2D eigenvalue weighted by Crippen LogP contribution is -2.38.